The molecule has 12 heavy (non-hydrogen) atoms. The fourth-order valence-electron chi connectivity index (χ4n) is 0.439. The standard InChI is InChI=1S/C7H17NO3S/c1-5-6(9)8-12(10,11)7(2,3)4/h6,8-9H,5H2,1-4H3. The van der Waals surface area contributed by atoms with E-state index in [9.17, 15) is 8.42 Å². The zero-order chi connectivity index (χ0) is 9.99. The zero-order valence-electron chi connectivity index (χ0n) is 7.96. The first-order valence-electron chi connectivity index (χ1n) is 3.90. The van der Waals surface area contributed by atoms with Gasteiger partial charge >= 0.3 is 0 Å². The van der Waals surface area contributed by atoms with Gasteiger partial charge in [0.2, 0.25) is 10.0 Å². The smallest absolute Gasteiger partial charge is 0.218 e. The van der Waals surface area contributed by atoms with Gasteiger partial charge in [0.25, 0.3) is 0 Å². The highest BCUT2D eigenvalue weighted by molar-refractivity contribution is 7.90. The Morgan fingerprint density at radius 1 is 1.42 bits per heavy atom. The highest BCUT2D eigenvalue weighted by Gasteiger charge is 2.30. The molecule has 0 aromatic carbocycles. The summed E-state index contributed by atoms with van der Waals surface area (Å²) in [7, 11) is -3.41. The van der Waals surface area contributed by atoms with E-state index in [1.165, 1.54) is 0 Å². The largest absolute Gasteiger partial charge is 0.378 e. The minimum atomic E-state index is -3.41. The Morgan fingerprint density at radius 3 is 2.08 bits per heavy atom. The Bertz CT molecular complexity index is 228. The number of hydrogen-bond donors (Lipinski definition) is 2. The van der Waals surface area contributed by atoms with Gasteiger partial charge < -0.3 is 5.11 Å². The molecule has 1 unspecified atom stereocenters. The molecule has 0 rings (SSSR count). The second-order valence-corrected chi connectivity index (χ2v) is 6.13. The summed E-state index contributed by atoms with van der Waals surface area (Å²) in [4.78, 5) is 0. The number of hydrogen-bond acceptors (Lipinski definition) is 3. The summed E-state index contributed by atoms with van der Waals surface area (Å²) in [6, 6.07) is 0. The normalized spacial score (nSPS) is 16.1. The summed E-state index contributed by atoms with van der Waals surface area (Å²) >= 11 is 0. The third kappa shape index (κ3) is 3.08. The van der Waals surface area contributed by atoms with Crippen LogP contribution in [-0.2, 0) is 10.0 Å². The third-order valence-electron chi connectivity index (χ3n) is 1.48. The minimum Gasteiger partial charge on any atom is -0.378 e. The van der Waals surface area contributed by atoms with Gasteiger partial charge in [0.05, 0.1) is 4.75 Å². The quantitative estimate of drug-likeness (QED) is 0.642. The molecule has 0 saturated heterocycles. The van der Waals surface area contributed by atoms with Crippen molar-refractivity contribution in [2.75, 3.05) is 0 Å². The fourth-order valence-corrected chi connectivity index (χ4v) is 1.32. The van der Waals surface area contributed by atoms with E-state index in [1.807, 2.05) is 0 Å². The van der Waals surface area contributed by atoms with Crippen molar-refractivity contribution in [3.63, 3.8) is 0 Å². The van der Waals surface area contributed by atoms with Crippen molar-refractivity contribution in [1.82, 2.24) is 4.72 Å². The van der Waals surface area contributed by atoms with Crippen LogP contribution in [0, 0.1) is 0 Å². The van der Waals surface area contributed by atoms with Crippen molar-refractivity contribution in [3.8, 4) is 0 Å². The monoisotopic (exact) mass is 195 g/mol. The molecule has 4 nitrogen and oxygen atoms in total. The van der Waals surface area contributed by atoms with E-state index in [4.69, 9.17) is 5.11 Å². The van der Waals surface area contributed by atoms with Crippen LogP contribution >= 0.6 is 0 Å². The van der Waals surface area contributed by atoms with E-state index in [1.54, 1.807) is 27.7 Å². The van der Waals surface area contributed by atoms with Gasteiger partial charge in [0, 0.05) is 0 Å². The lowest BCUT2D eigenvalue weighted by atomic mass is 10.3. The molecule has 0 fully saturated rings. The van der Waals surface area contributed by atoms with Crippen molar-refractivity contribution in [1.29, 1.82) is 0 Å². The molecule has 0 amide bonds. The van der Waals surface area contributed by atoms with Crippen LogP contribution in [0.4, 0.5) is 0 Å². The first-order chi connectivity index (χ1) is 5.20. The maximum atomic E-state index is 11.4. The Balaban J connectivity index is 4.46. The van der Waals surface area contributed by atoms with E-state index < -0.39 is 21.0 Å². The summed E-state index contributed by atoms with van der Waals surface area (Å²) in [5.41, 5.74) is 0. The van der Waals surface area contributed by atoms with Crippen LogP contribution in [0.1, 0.15) is 34.1 Å². The van der Waals surface area contributed by atoms with Crippen molar-refractivity contribution < 1.29 is 13.5 Å². The average Bonchev–Trinajstić information content (AvgIpc) is 1.84. The molecule has 0 bridgehead atoms. The van der Waals surface area contributed by atoms with Crippen LogP contribution in [0.5, 0.6) is 0 Å². The number of aliphatic hydroxyl groups excluding tert-OH is 1. The molecule has 0 radical (unpaired) electrons. The summed E-state index contributed by atoms with van der Waals surface area (Å²) in [6.45, 7) is 6.45. The Kier molecular flexibility index (Phi) is 3.68. The maximum absolute atomic E-state index is 11.4. The Hall–Kier alpha value is -0.130. The lowest BCUT2D eigenvalue weighted by Crippen LogP contribution is -2.44. The van der Waals surface area contributed by atoms with E-state index >= 15 is 0 Å². The minimum absolute atomic E-state index is 0.370. The molecule has 0 aliphatic rings. The molecule has 0 aliphatic carbocycles. The molecule has 2 N–H and O–H groups in total. The maximum Gasteiger partial charge on any atom is 0.218 e. The van der Waals surface area contributed by atoms with Crippen molar-refractivity contribution in [2.24, 2.45) is 0 Å². The lowest BCUT2D eigenvalue weighted by Gasteiger charge is -2.21. The number of rotatable bonds is 3. The van der Waals surface area contributed by atoms with Crippen molar-refractivity contribution >= 4 is 10.0 Å². The first-order valence-corrected chi connectivity index (χ1v) is 5.39. The lowest BCUT2D eigenvalue weighted by molar-refractivity contribution is 0.158. The zero-order valence-corrected chi connectivity index (χ0v) is 8.77. The molecular weight excluding hydrogens is 178 g/mol. The van der Waals surface area contributed by atoms with Crippen LogP contribution < -0.4 is 4.72 Å². The molecule has 74 valence electrons. The van der Waals surface area contributed by atoms with Crippen LogP contribution in [0.25, 0.3) is 0 Å². The van der Waals surface area contributed by atoms with Gasteiger partial charge in [-0.3, -0.25) is 0 Å². The summed E-state index contributed by atoms with van der Waals surface area (Å²) in [5.74, 6) is 0. The van der Waals surface area contributed by atoms with E-state index in [-0.39, 0.29) is 0 Å². The summed E-state index contributed by atoms with van der Waals surface area (Å²) < 4.78 is 24.0. The van der Waals surface area contributed by atoms with E-state index in [0.29, 0.717) is 6.42 Å². The van der Waals surface area contributed by atoms with Gasteiger partial charge in [-0.15, -0.1) is 0 Å². The molecular formula is C7H17NO3S. The van der Waals surface area contributed by atoms with Gasteiger partial charge in [-0.1, -0.05) is 6.92 Å². The highest BCUT2D eigenvalue weighted by Crippen LogP contribution is 2.13. The number of sulfonamides is 1. The second kappa shape index (κ2) is 3.72. The third-order valence-corrected chi connectivity index (χ3v) is 3.68. The van der Waals surface area contributed by atoms with Gasteiger partial charge in [-0.25, -0.2) is 8.42 Å². The highest BCUT2D eigenvalue weighted by atomic mass is 32.2. The Labute approximate surface area is 74.0 Å². The van der Waals surface area contributed by atoms with Gasteiger partial charge in [-0.2, -0.15) is 4.72 Å². The topological polar surface area (TPSA) is 66.4 Å². The predicted octanol–water partition coefficient (Wildman–Crippen LogP) is 0.433. The second-order valence-electron chi connectivity index (χ2n) is 3.66. The predicted molar refractivity (Wildman–Crippen MR) is 48.1 cm³/mol. The molecule has 0 aliphatic heterocycles. The summed E-state index contributed by atoms with van der Waals surface area (Å²) in [6.07, 6.45) is -0.607. The fraction of sp³-hybridized carbons (Fsp3) is 1.00. The summed E-state index contributed by atoms with van der Waals surface area (Å²) in [5, 5.41) is 9.07. The SMILES string of the molecule is CCC(O)NS(=O)(=O)C(C)(C)C. The number of nitrogens with one attached hydrogen (secondary N) is 1. The van der Waals surface area contributed by atoms with Crippen LogP contribution in [0.15, 0.2) is 0 Å². The van der Waals surface area contributed by atoms with Crippen molar-refractivity contribution in [2.45, 2.75) is 45.1 Å². The molecule has 5 heteroatoms. The van der Waals surface area contributed by atoms with Crippen molar-refractivity contribution in [3.05, 3.63) is 0 Å². The number of aliphatic hydroxyl groups is 1. The van der Waals surface area contributed by atoms with Gasteiger partial charge in [0.15, 0.2) is 0 Å². The molecule has 0 aromatic heterocycles. The molecule has 0 aromatic rings. The molecule has 0 heterocycles. The average molecular weight is 195 g/mol. The van der Waals surface area contributed by atoms with Crippen LogP contribution in [0.3, 0.4) is 0 Å². The molecule has 0 spiro atoms. The van der Waals surface area contributed by atoms with Gasteiger partial charge in [0.1, 0.15) is 6.23 Å². The van der Waals surface area contributed by atoms with E-state index in [2.05, 4.69) is 4.72 Å². The molecule has 0 saturated carbocycles. The first kappa shape index (κ1) is 11.9. The van der Waals surface area contributed by atoms with Gasteiger partial charge in [-0.05, 0) is 27.2 Å². The van der Waals surface area contributed by atoms with Crippen LogP contribution in [0.2, 0.25) is 0 Å². The van der Waals surface area contributed by atoms with Crippen LogP contribution in [-0.4, -0.2) is 24.5 Å². The van der Waals surface area contributed by atoms with E-state index in [0.717, 1.165) is 0 Å². The molecule has 1 atom stereocenters. The Morgan fingerprint density at radius 2 is 1.83 bits per heavy atom.